The van der Waals surface area contributed by atoms with Crippen molar-refractivity contribution in [1.82, 2.24) is 0 Å². The molecule has 372 valence electrons. The van der Waals surface area contributed by atoms with E-state index in [2.05, 4.69) is 86.8 Å². The first kappa shape index (κ1) is 61.9. The number of ether oxygens (including phenoxy) is 2. The molecular formula is C55H100NO7P. The summed E-state index contributed by atoms with van der Waals surface area (Å²) in [6, 6.07) is 0. The lowest BCUT2D eigenvalue weighted by Crippen LogP contribution is -2.28. The largest absolute Gasteiger partial charge is 0.472 e. The predicted molar refractivity (Wildman–Crippen MR) is 275 cm³/mol. The first-order valence-electron chi connectivity index (χ1n) is 26.4. The number of hydrogen-bond donors (Lipinski definition) is 2. The molecule has 0 rings (SSSR count). The average molecular weight is 918 g/mol. The summed E-state index contributed by atoms with van der Waals surface area (Å²) in [7, 11) is -4.29. The first-order chi connectivity index (χ1) is 31.4. The molecule has 0 radical (unpaired) electrons. The Morgan fingerprint density at radius 1 is 0.484 bits per heavy atom. The molecule has 0 fully saturated rings. The van der Waals surface area contributed by atoms with E-state index in [0.717, 1.165) is 64.2 Å². The van der Waals surface area contributed by atoms with E-state index in [1.165, 1.54) is 148 Å². The van der Waals surface area contributed by atoms with Crippen LogP contribution in [0.25, 0.3) is 0 Å². The van der Waals surface area contributed by atoms with Gasteiger partial charge in [0.05, 0.1) is 19.8 Å². The Bertz CT molecular complexity index is 1210. The molecule has 8 nitrogen and oxygen atoms in total. The van der Waals surface area contributed by atoms with Gasteiger partial charge in [0, 0.05) is 19.6 Å². The number of phosphoric ester groups is 1. The maximum absolute atomic E-state index is 12.7. The van der Waals surface area contributed by atoms with Crippen LogP contribution in [-0.4, -0.2) is 49.9 Å². The number of nitrogens with two attached hydrogens (primary N) is 1. The molecule has 64 heavy (non-hydrogen) atoms. The van der Waals surface area contributed by atoms with Crippen LogP contribution in [0.15, 0.2) is 72.9 Å². The molecule has 0 aromatic carbocycles. The second kappa shape index (κ2) is 51.9. The Labute approximate surface area is 395 Å². The third-order valence-electron chi connectivity index (χ3n) is 11.1. The van der Waals surface area contributed by atoms with Gasteiger partial charge in [0.15, 0.2) is 0 Å². The van der Waals surface area contributed by atoms with Gasteiger partial charge in [-0.2, -0.15) is 0 Å². The lowest BCUT2D eigenvalue weighted by molar-refractivity contribution is -0.154. The fraction of sp³-hybridized carbons (Fsp3) is 0.764. The first-order valence-corrected chi connectivity index (χ1v) is 27.9. The number of hydrogen-bond acceptors (Lipinski definition) is 7. The van der Waals surface area contributed by atoms with Crippen molar-refractivity contribution in [3.8, 4) is 0 Å². The van der Waals surface area contributed by atoms with Crippen LogP contribution < -0.4 is 5.73 Å². The molecule has 0 amide bonds. The maximum atomic E-state index is 12.7. The molecule has 9 heteroatoms. The monoisotopic (exact) mass is 918 g/mol. The lowest BCUT2D eigenvalue weighted by Gasteiger charge is -2.20. The number of esters is 1. The van der Waals surface area contributed by atoms with E-state index in [1.807, 2.05) is 0 Å². The Hall–Kier alpha value is -2.06. The second-order valence-electron chi connectivity index (χ2n) is 17.4. The summed E-state index contributed by atoms with van der Waals surface area (Å²) < 4.78 is 33.6. The van der Waals surface area contributed by atoms with Gasteiger partial charge in [-0.15, -0.1) is 0 Å². The summed E-state index contributed by atoms with van der Waals surface area (Å²) in [5.74, 6) is -0.334. The van der Waals surface area contributed by atoms with E-state index < -0.39 is 13.9 Å². The smallest absolute Gasteiger partial charge is 0.457 e. The highest BCUT2D eigenvalue weighted by atomic mass is 31.2. The molecule has 0 aromatic heterocycles. The van der Waals surface area contributed by atoms with Crippen molar-refractivity contribution in [2.45, 2.75) is 238 Å². The maximum Gasteiger partial charge on any atom is 0.472 e. The molecular weight excluding hydrogens is 818 g/mol. The topological polar surface area (TPSA) is 117 Å². The molecule has 3 N–H and O–H groups in total. The molecule has 0 spiro atoms. The summed E-state index contributed by atoms with van der Waals surface area (Å²) >= 11 is 0. The number of carbonyl (C=O) groups is 1. The van der Waals surface area contributed by atoms with Crippen molar-refractivity contribution in [2.24, 2.45) is 5.73 Å². The van der Waals surface area contributed by atoms with Gasteiger partial charge in [-0.05, 0) is 83.5 Å². The average Bonchev–Trinajstić information content (AvgIpc) is 3.29. The van der Waals surface area contributed by atoms with Crippen molar-refractivity contribution in [3.05, 3.63) is 72.9 Å². The summed E-state index contributed by atoms with van der Waals surface area (Å²) in [4.78, 5) is 22.6. The third-order valence-corrected chi connectivity index (χ3v) is 12.1. The van der Waals surface area contributed by atoms with Crippen LogP contribution in [0.4, 0.5) is 0 Å². The molecule has 0 aliphatic carbocycles. The van der Waals surface area contributed by atoms with E-state index in [0.29, 0.717) is 13.0 Å². The Morgan fingerprint density at radius 2 is 0.875 bits per heavy atom. The highest BCUT2D eigenvalue weighted by Crippen LogP contribution is 2.43. The number of allylic oxidation sites excluding steroid dienone is 12. The van der Waals surface area contributed by atoms with Crippen LogP contribution >= 0.6 is 7.82 Å². The molecule has 0 bridgehead atoms. The van der Waals surface area contributed by atoms with Gasteiger partial charge in [-0.1, -0.05) is 215 Å². The highest BCUT2D eigenvalue weighted by Gasteiger charge is 2.25. The standard InChI is InChI=1S/C55H100NO7P/c1-3-5-7-9-11-13-15-17-19-21-23-24-25-26-27-28-29-31-33-35-37-39-41-43-45-47-50-60-52-54(53-62-64(58,59)61-51-49-56)63-55(57)48-46-44-42-40-38-36-34-32-30-22-20-18-16-14-12-10-8-6-4-2/h5,7,11,13,17-20,23-24,26-27,54H,3-4,6,8-10,12,14-16,21-22,25,28-53,56H2,1-2H3,(H,58,59)/b7-5-,13-11-,19-17-,20-18-,24-23-,27-26-. The zero-order chi connectivity index (χ0) is 46.5. The predicted octanol–water partition coefficient (Wildman–Crippen LogP) is 16.6. The minimum Gasteiger partial charge on any atom is -0.457 e. The van der Waals surface area contributed by atoms with E-state index >= 15 is 0 Å². The Kier molecular flexibility index (Phi) is 50.2. The van der Waals surface area contributed by atoms with Gasteiger partial charge < -0.3 is 20.1 Å². The fourth-order valence-corrected chi connectivity index (χ4v) is 8.02. The molecule has 0 saturated heterocycles. The summed E-state index contributed by atoms with van der Waals surface area (Å²) in [5, 5.41) is 0. The number of carbonyl (C=O) groups excluding carboxylic acids is 1. The van der Waals surface area contributed by atoms with Crippen molar-refractivity contribution in [2.75, 3.05) is 33.0 Å². The minimum atomic E-state index is -4.29. The number of rotatable bonds is 50. The summed E-state index contributed by atoms with van der Waals surface area (Å²) in [6.45, 7) is 4.81. The lowest BCUT2D eigenvalue weighted by atomic mass is 10.1. The fourth-order valence-electron chi connectivity index (χ4n) is 7.25. The van der Waals surface area contributed by atoms with E-state index in [-0.39, 0.29) is 32.3 Å². The molecule has 0 aliphatic rings. The van der Waals surface area contributed by atoms with Crippen molar-refractivity contribution < 1.29 is 32.8 Å². The van der Waals surface area contributed by atoms with Gasteiger partial charge in [0.1, 0.15) is 6.10 Å². The van der Waals surface area contributed by atoms with Crippen LogP contribution in [0.3, 0.4) is 0 Å². The SMILES string of the molecule is CC/C=C\C/C=C\C/C=C\C/C=C\C/C=C\CCCCCCCCCCCCOCC(COP(=O)(O)OCCN)OC(=O)CCCCCCCCCCC/C=C\CCCCCCCC. The van der Waals surface area contributed by atoms with Crippen molar-refractivity contribution in [1.29, 1.82) is 0 Å². The van der Waals surface area contributed by atoms with Crippen LogP contribution in [0.2, 0.25) is 0 Å². The van der Waals surface area contributed by atoms with Gasteiger partial charge in [0.2, 0.25) is 0 Å². The van der Waals surface area contributed by atoms with Crippen LogP contribution in [0, 0.1) is 0 Å². The molecule has 0 aliphatic heterocycles. The Balaban J connectivity index is 3.94. The normalized spacial score (nSPS) is 13.9. The molecule has 2 atom stereocenters. The van der Waals surface area contributed by atoms with Crippen LogP contribution in [-0.2, 0) is 27.9 Å². The number of phosphoric acid groups is 1. The second-order valence-corrected chi connectivity index (χ2v) is 18.8. The number of unbranched alkanes of at least 4 members (excludes halogenated alkanes) is 25. The van der Waals surface area contributed by atoms with E-state index in [4.69, 9.17) is 24.3 Å². The van der Waals surface area contributed by atoms with Gasteiger partial charge >= 0.3 is 13.8 Å². The van der Waals surface area contributed by atoms with Crippen LogP contribution in [0.1, 0.15) is 232 Å². The highest BCUT2D eigenvalue weighted by molar-refractivity contribution is 7.47. The van der Waals surface area contributed by atoms with Gasteiger partial charge in [-0.3, -0.25) is 13.8 Å². The molecule has 2 unspecified atom stereocenters. The summed E-state index contributed by atoms with van der Waals surface area (Å²) in [5.41, 5.74) is 5.39. The zero-order valence-electron chi connectivity index (χ0n) is 41.5. The third kappa shape index (κ3) is 50.9. The molecule has 0 saturated carbocycles. The summed E-state index contributed by atoms with van der Waals surface area (Å²) in [6.07, 6.45) is 66.5. The van der Waals surface area contributed by atoms with E-state index in [9.17, 15) is 14.3 Å². The quantitative estimate of drug-likeness (QED) is 0.0268. The van der Waals surface area contributed by atoms with Crippen molar-refractivity contribution >= 4 is 13.8 Å². The molecule has 0 heterocycles. The van der Waals surface area contributed by atoms with Gasteiger partial charge in [-0.25, -0.2) is 4.57 Å². The molecule has 0 aromatic rings. The minimum absolute atomic E-state index is 0.0969. The van der Waals surface area contributed by atoms with Crippen molar-refractivity contribution in [3.63, 3.8) is 0 Å². The van der Waals surface area contributed by atoms with Crippen LogP contribution in [0.5, 0.6) is 0 Å². The Morgan fingerprint density at radius 3 is 1.33 bits per heavy atom. The van der Waals surface area contributed by atoms with E-state index in [1.54, 1.807) is 0 Å². The van der Waals surface area contributed by atoms with Gasteiger partial charge in [0.25, 0.3) is 0 Å². The zero-order valence-corrected chi connectivity index (χ0v) is 42.4.